The van der Waals surface area contributed by atoms with E-state index >= 15 is 0 Å². The molecule has 2 heterocycles. The summed E-state index contributed by atoms with van der Waals surface area (Å²) in [6.07, 6.45) is 1.35. The van der Waals surface area contributed by atoms with Gasteiger partial charge in [0.15, 0.2) is 0 Å². The van der Waals surface area contributed by atoms with E-state index in [1.54, 1.807) is 29.2 Å². The molecule has 156 valence electrons. The molecule has 0 bridgehead atoms. The number of hydrogen-bond acceptors (Lipinski definition) is 5. The summed E-state index contributed by atoms with van der Waals surface area (Å²) in [4.78, 5) is 21.4. The number of carbonyl (C=O) groups excluding carboxylic acids is 1. The molecule has 1 amide bonds. The van der Waals surface area contributed by atoms with Crippen molar-refractivity contribution < 1.29 is 19.0 Å². The smallest absolute Gasteiger partial charge is 0.259 e. The highest BCUT2D eigenvalue weighted by Crippen LogP contribution is 2.31. The molecule has 1 aromatic carbocycles. The first kappa shape index (κ1) is 21.2. The third-order valence-corrected chi connectivity index (χ3v) is 5.25. The van der Waals surface area contributed by atoms with Gasteiger partial charge in [0, 0.05) is 36.3 Å². The second-order valence-corrected chi connectivity index (χ2v) is 7.94. The highest BCUT2D eigenvalue weighted by molar-refractivity contribution is 5.98. The highest BCUT2D eigenvalue weighted by Gasteiger charge is 2.34. The van der Waals surface area contributed by atoms with Gasteiger partial charge in [-0.05, 0) is 33.2 Å². The first-order valence-electron chi connectivity index (χ1n) is 9.80. The van der Waals surface area contributed by atoms with E-state index in [1.807, 2.05) is 32.8 Å². The Hall–Kier alpha value is -2.51. The molecule has 3 rings (SSSR count). The lowest BCUT2D eigenvalue weighted by atomic mass is 9.99. The number of rotatable bonds is 5. The predicted molar refractivity (Wildman–Crippen MR) is 109 cm³/mol. The number of aliphatic hydroxyl groups excluding tert-OH is 1. The van der Waals surface area contributed by atoms with Gasteiger partial charge in [0.25, 0.3) is 5.91 Å². The summed E-state index contributed by atoms with van der Waals surface area (Å²) >= 11 is 0. The number of carbonyl (C=O) groups is 1. The maximum absolute atomic E-state index is 14.3. The summed E-state index contributed by atoms with van der Waals surface area (Å²) in [7, 11) is 3.92. The first-order valence-corrected chi connectivity index (χ1v) is 9.80. The lowest BCUT2D eigenvalue weighted by molar-refractivity contribution is 0.0348. The van der Waals surface area contributed by atoms with Crippen molar-refractivity contribution in [2.45, 2.75) is 26.0 Å². The zero-order valence-electron chi connectivity index (χ0n) is 17.3. The number of nitrogens with zero attached hydrogens (tertiary/aromatic N) is 3. The van der Waals surface area contributed by atoms with Crippen LogP contribution in [0.15, 0.2) is 36.5 Å². The summed E-state index contributed by atoms with van der Waals surface area (Å²) in [5.74, 6) is -0.379. The lowest BCUT2D eigenvalue weighted by Crippen LogP contribution is -2.49. The van der Waals surface area contributed by atoms with E-state index in [9.17, 15) is 14.3 Å². The van der Waals surface area contributed by atoms with Gasteiger partial charge < -0.3 is 19.6 Å². The Labute approximate surface area is 170 Å². The second kappa shape index (κ2) is 8.88. The first-order chi connectivity index (χ1) is 13.8. The fraction of sp³-hybridized carbons (Fsp3) is 0.455. The summed E-state index contributed by atoms with van der Waals surface area (Å²) in [6, 6.07) is 7.65. The molecule has 0 aliphatic carbocycles. The number of fused-ring (bicyclic) bond motifs is 1. The number of halogens is 1. The SMILES string of the molecule is C[C@H](CO)N1C[C@H](C)[C@H](CN(C)C)Oc2ncc(-c3ccccc3F)cc2C1=O. The number of likely N-dealkylation sites (N-methyl/N-ethyl adjacent to an activating group) is 1. The molecule has 3 atom stereocenters. The van der Waals surface area contributed by atoms with Crippen LogP contribution in [0.1, 0.15) is 24.2 Å². The molecule has 0 radical (unpaired) electrons. The zero-order valence-corrected chi connectivity index (χ0v) is 17.3. The van der Waals surface area contributed by atoms with E-state index < -0.39 is 0 Å². The van der Waals surface area contributed by atoms with Crippen LogP contribution < -0.4 is 4.74 Å². The fourth-order valence-corrected chi connectivity index (χ4v) is 3.52. The molecular formula is C22H28FN3O3. The lowest BCUT2D eigenvalue weighted by Gasteiger charge is -2.37. The standard InChI is InChI=1S/C22H28FN3O3/c1-14-11-26(15(2)13-27)22(28)18-9-16(17-7-5-6-8-19(17)23)10-24-21(18)29-20(14)12-25(3)4/h5-10,14-15,20,27H,11-13H2,1-4H3/t14-,15+,20-/m0/s1. The maximum atomic E-state index is 14.3. The molecule has 29 heavy (non-hydrogen) atoms. The molecule has 1 aliphatic heterocycles. The van der Waals surface area contributed by atoms with Gasteiger partial charge in [-0.2, -0.15) is 0 Å². The van der Waals surface area contributed by atoms with E-state index in [1.165, 1.54) is 12.3 Å². The molecule has 2 aromatic rings. The third-order valence-electron chi connectivity index (χ3n) is 5.25. The Kier molecular flexibility index (Phi) is 6.49. The van der Waals surface area contributed by atoms with Gasteiger partial charge in [-0.25, -0.2) is 9.37 Å². The zero-order chi connectivity index (χ0) is 21.1. The normalized spacial score (nSPS) is 20.7. The van der Waals surface area contributed by atoms with Crippen LogP contribution in [0.5, 0.6) is 5.88 Å². The van der Waals surface area contributed by atoms with Crippen LogP contribution in [-0.4, -0.2) is 71.7 Å². The number of hydrogen-bond donors (Lipinski definition) is 1. The number of ether oxygens (including phenoxy) is 1. The van der Waals surface area contributed by atoms with Crippen LogP contribution in [-0.2, 0) is 0 Å². The van der Waals surface area contributed by atoms with E-state index in [0.717, 1.165) is 0 Å². The minimum Gasteiger partial charge on any atom is -0.472 e. The molecule has 1 aliphatic rings. The van der Waals surface area contributed by atoms with Gasteiger partial charge in [-0.3, -0.25) is 4.79 Å². The molecule has 0 fully saturated rings. The van der Waals surface area contributed by atoms with Gasteiger partial charge in [0.05, 0.1) is 12.6 Å². The Balaban J connectivity index is 2.09. The summed E-state index contributed by atoms with van der Waals surface area (Å²) in [5.41, 5.74) is 1.16. The Morgan fingerprint density at radius 1 is 1.34 bits per heavy atom. The van der Waals surface area contributed by atoms with Crippen LogP contribution in [0.4, 0.5) is 4.39 Å². The molecule has 7 heteroatoms. The third kappa shape index (κ3) is 4.57. The predicted octanol–water partition coefficient (Wildman–Crippen LogP) is 2.67. The Morgan fingerprint density at radius 3 is 2.72 bits per heavy atom. The molecule has 1 aromatic heterocycles. The number of pyridine rings is 1. The monoisotopic (exact) mass is 401 g/mol. The van der Waals surface area contributed by atoms with Crippen LogP contribution >= 0.6 is 0 Å². The van der Waals surface area contributed by atoms with Crippen molar-refractivity contribution in [2.24, 2.45) is 5.92 Å². The van der Waals surface area contributed by atoms with E-state index in [2.05, 4.69) is 4.98 Å². The topological polar surface area (TPSA) is 65.9 Å². The van der Waals surface area contributed by atoms with Crippen molar-refractivity contribution in [1.82, 2.24) is 14.8 Å². The number of benzene rings is 1. The largest absolute Gasteiger partial charge is 0.472 e. The van der Waals surface area contributed by atoms with Crippen LogP contribution in [0.2, 0.25) is 0 Å². The van der Waals surface area contributed by atoms with E-state index in [0.29, 0.717) is 24.2 Å². The van der Waals surface area contributed by atoms with Crippen molar-refractivity contribution in [3.8, 4) is 17.0 Å². The Morgan fingerprint density at radius 2 is 2.07 bits per heavy atom. The summed E-state index contributed by atoms with van der Waals surface area (Å²) in [5, 5.41) is 9.68. The minimum atomic E-state index is -0.381. The molecule has 1 N–H and O–H groups in total. The van der Waals surface area contributed by atoms with Crippen LogP contribution in [0, 0.1) is 11.7 Å². The van der Waals surface area contributed by atoms with Gasteiger partial charge in [0.1, 0.15) is 17.5 Å². The number of aliphatic hydroxyl groups is 1. The van der Waals surface area contributed by atoms with Crippen molar-refractivity contribution in [2.75, 3.05) is 33.8 Å². The van der Waals surface area contributed by atoms with Crippen molar-refractivity contribution in [3.63, 3.8) is 0 Å². The van der Waals surface area contributed by atoms with Crippen molar-refractivity contribution >= 4 is 5.91 Å². The van der Waals surface area contributed by atoms with Crippen molar-refractivity contribution in [1.29, 1.82) is 0 Å². The molecule has 0 unspecified atom stereocenters. The molecule has 0 saturated carbocycles. The maximum Gasteiger partial charge on any atom is 0.259 e. The summed E-state index contributed by atoms with van der Waals surface area (Å²) < 4.78 is 20.4. The van der Waals surface area contributed by atoms with E-state index in [-0.39, 0.29) is 47.8 Å². The summed E-state index contributed by atoms with van der Waals surface area (Å²) in [6.45, 7) is 4.79. The quantitative estimate of drug-likeness (QED) is 0.835. The number of amides is 1. The molecule has 6 nitrogen and oxygen atoms in total. The molecule has 0 spiro atoms. The van der Waals surface area contributed by atoms with Gasteiger partial charge in [-0.15, -0.1) is 0 Å². The van der Waals surface area contributed by atoms with Gasteiger partial charge >= 0.3 is 0 Å². The second-order valence-electron chi connectivity index (χ2n) is 7.94. The average Bonchev–Trinajstić information content (AvgIpc) is 2.70. The Bertz CT molecular complexity index is 874. The number of aromatic nitrogens is 1. The minimum absolute atomic E-state index is 0.0385. The van der Waals surface area contributed by atoms with Gasteiger partial charge in [-0.1, -0.05) is 25.1 Å². The average molecular weight is 401 g/mol. The van der Waals surface area contributed by atoms with E-state index in [4.69, 9.17) is 4.74 Å². The van der Waals surface area contributed by atoms with Crippen LogP contribution in [0.3, 0.4) is 0 Å². The molecular weight excluding hydrogens is 373 g/mol. The highest BCUT2D eigenvalue weighted by atomic mass is 19.1. The molecule has 0 saturated heterocycles. The van der Waals surface area contributed by atoms with Gasteiger partial charge in [0.2, 0.25) is 5.88 Å². The van der Waals surface area contributed by atoms with Crippen molar-refractivity contribution in [3.05, 3.63) is 47.9 Å². The fourth-order valence-electron chi connectivity index (χ4n) is 3.52. The van der Waals surface area contributed by atoms with Crippen LogP contribution in [0.25, 0.3) is 11.1 Å².